The topological polar surface area (TPSA) is 43.1 Å². The highest BCUT2D eigenvalue weighted by Gasteiger charge is 2.06. The first-order chi connectivity index (χ1) is 22.4. The molecule has 6 aromatic rings. The molecule has 0 bridgehead atoms. The Hall–Kier alpha value is -4.18. The van der Waals surface area contributed by atoms with E-state index in [4.69, 9.17) is 0 Å². The van der Waals surface area contributed by atoms with Crippen LogP contribution < -0.4 is 0 Å². The summed E-state index contributed by atoms with van der Waals surface area (Å²) in [6.07, 6.45) is 21.5. The molecule has 1 aromatic carbocycles. The number of nitrogens with zero attached hydrogens (tertiary/aromatic N) is 1. The van der Waals surface area contributed by atoms with Crippen LogP contribution in [-0.4, -0.2) is 4.92 Å². The van der Waals surface area contributed by atoms with E-state index >= 15 is 0 Å². The molecule has 0 atom stereocenters. The van der Waals surface area contributed by atoms with Crippen LogP contribution in [0.3, 0.4) is 0 Å². The minimum Gasteiger partial charge on any atom is -0.258 e. The SMILES string of the molecule is Cc1ccc(/C=C/c2ccc(/C=C/c3cc(/C=C/c4ccc([N+](=O)[O-])cc4)c(/C=C/c4ccc(/C=C/c5ccc(C)s5)s4)s3)s2)s1. The number of aryl methyl sites for hydroxylation is 2. The number of nitro groups is 1. The van der Waals surface area contributed by atoms with Gasteiger partial charge in [0.2, 0.25) is 0 Å². The predicted molar refractivity (Wildman–Crippen MR) is 209 cm³/mol. The zero-order chi connectivity index (χ0) is 31.9. The molecule has 0 aliphatic rings. The first-order valence-electron chi connectivity index (χ1n) is 14.5. The predicted octanol–water partition coefficient (Wildman–Crippen LogP) is 13.4. The molecule has 0 saturated heterocycles. The molecule has 0 saturated carbocycles. The van der Waals surface area contributed by atoms with Crippen molar-refractivity contribution in [3.05, 3.63) is 149 Å². The highest BCUT2D eigenvalue weighted by molar-refractivity contribution is 7.16. The minimum absolute atomic E-state index is 0.0910. The van der Waals surface area contributed by atoms with Crippen LogP contribution in [0, 0.1) is 24.0 Å². The third-order valence-corrected chi connectivity index (χ3v) is 11.9. The van der Waals surface area contributed by atoms with Crippen LogP contribution in [0.5, 0.6) is 0 Å². The summed E-state index contributed by atoms with van der Waals surface area (Å²) in [5, 5.41) is 11.1. The molecule has 0 N–H and O–H groups in total. The average Bonchev–Trinajstić information content (AvgIpc) is 3.89. The van der Waals surface area contributed by atoms with Gasteiger partial charge in [-0.05, 0) is 140 Å². The van der Waals surface area contributed by atoms with E-state index in [-0.39, 0.29) is 10.6 Å². The van der Waals surface area contributed by atoms with Crippen LogP contribution in [-0.2, 0) is 0 Å². The maximum atomic E-state index is 11.1. The summed E-state index contributed by atoms with van der Waals surface area (Å²) in [6.45, 7) is 4.26. The standard InChI is InChI=1S/C38H29NO2S5/c1-26-3-11-31(42-26)13-15-33-17-18-35(44-33)21-22-37-25-29(8-5-28-6-9-30(10-7-28)39(40)41)38(46-37)24-23-36-20-19-34(45-36)16-14-32-12-4-27(2)43-32/h3-25H,1-2H3/b8-5+,15-13+,16-14+,22-21+,24-23+. The van der Waals surface area contributed by atoms with E-state index in [0.29, 0.717) is 0 Å². The number of non-ortho nitro benzene ring substituents is 1. The molecule has 3 nitrogen and oxygen atoms in total. The fourth-order valence-electron chi connectivity index (χ4n) is 4.51. The van der Waals surface area contributed by atoms with Gasteiger partial charge in [0.25, 0.3) is 5.69 Å². The lowest BCUT2D eigenvalue weighted by Crippen LogP contribution is -1.86. The van der Waals surface area contributed by atoms with E-state index < -0.39 is 0 Å². The van der Waals surface area contributed by atoms with Gasteiger partial charge in [-0.1, -0.05) is 12.2 Å². The maximum absolute atomic E-state index is 11.1. The third-order valence-electron chi connectivity index (χ3n) is 6.82. The number of thiophene rings is 5. The molecule has 5 aromatic heterocycles. The number of rotatable bonds is 11. The van der Waals surface area contributed by atoms with Crippen molar-refractivity contribution in [3.63, 3.8) is 0 Å². The van der Waals surface area contributed by atoms with Gasteiger partial charge in [-0.25, -0.2) is 0 Å². The van der Waals surface area contributed by atoms with Crippen molar-refractivity contribution in [3.8, 4) is 0 Å². The molecule has 0 radical (unpaired) electrons. The zero-order valence-corrected chi connectivity index (χ0v) is 29.2. The number of benzene rings is 1. The molecule has 228 valence electrons. The quantitative estimate of drug-likeness (QED) is 0.100. The van der Waals surface area contributed by atoms with Crippen molar-refractivity contribution < 1.29 is 4.92 Å². The van der Waals surface area contributed by atoms with Gasteiger partial charge >= 0.3 is 0 Å². The van der Waals surface area contributed by atoms with Crippen LogP contribution in [0.15, 0.2) is 78.9 Å². The minimum atomic E-state index is -0.375. The first-order valence-corrected chi connectivity index (χ1v) is 18.6. The highest BCUT2D eigenvalue weighted by atomic mass is 32.1. The number of hydrogen-bond donors (Lipinski definition) is 0. The summed E-state index contributed by atoms with van der Waals surface area (Å²) in [5.74, 6) is 0. The van der Waals surface area contributed by atoms with Gasteiger partial charge in [-0.15, -0.1) is 56.7 Å². The summed E-state index contributed by atoms with van der Waals surface area (Å²) in [6, 6.07) is 26.1. The van der Waals surface area contributed by atoms with Crippen molar-refractivity contribution in [1.29, 1.82) is 0 Å². The van der Waals surface area contributed by atoms with Crippen molar-refractivity contribution >= 4 is 123 Å². The molecule has 5 heterocycles. The summed E-state index contributed by atoms with van der Waals surface area (Å²) in [5.41, 5.74) is 2.11. The van der Waals surface area contributed by atoms with E-state index in [2.05, 4.69) is 123 Å². The van der Waals surface area contributed by atoms with Gasteiger partial charge in [0.05, 0.1) is 4.92 Å². The first kappa shape index (κ1) is 31.8. The smallest absolute Gasteiger partial charge is 0.258 e. The Labute approximate surface area is 289 Å². The lowest BCUT2D eigenvalue weighted by Gasteiger charge is -1.95. The van der Waals surface area contributed by atoms with Crippen LogP contribution in [0.4, 0.5) is 5.69 Å². The summed E-state index contributed by atoms with van der Waals surface area (Å²) in [7, 11) is 0. The highest BCUT2D eigenvalue weighted by Crippen LogP contribution is 2.31. The van der Waals surface area contributed by atoms with Crippen LogP contribution >= 0.6 is 56.7 Å². The largest absolute Gasteiger partial charge is 0.269 e. The van der Waals surface area contributed by atoms with Gasteiger partial charge in [-0.2, -0.15) is 0 Å². The molecular formula is C38H29NO2S5. The number of hydrogen-bond acceptors (Lipinski definition) is 7. The van der Waals surface area contributed by atoms with Crippen molar-refractivity contribution in [2.45, 2.75) is 13.8 Å². The molecule has 0 amide bonds. The Morgan fingerprint density at radius 3 is 1.37 bits per heavy atom. The molecule has 0 fully saturated rings. The number of nitro benzene ring substituents is 1. The van der Waals surface area contributed by atoms with Gasteiger partial charge in [0, 0.05) is 60.9 Å². The van der Waals surface area contributed by atoms with Crippen molar-refractivity contribution in [2.24, 2.45) is 0 Å². The van der Waals surface area contributed by atoms with Gasteiger partial charge in [0.1, 0.15) is 0 Å². The second-order valence-corrected chi connectivity index (χ2v) is 16.4. The van der Waals surface area contributed by atoms with Gasteiger partial charge in [-0.3, -0.25) is 10.1 Å². The van der Waals surface area contributed by atoms with Crippen LogP contribution in [0.2, 0.25) is 0 Å². The second-order valence-electron chi connectivity index (χ2n) is 10.4. The third kappa shape index (κ3) is 8.75. The Kier molecular flexibility index (Phi) is 10.3. The molecule has 6 rings (SSSR count). The monoisotopic (exact) mass is 691 g/mol. The van der Waals surface area contributed by atoms with E-state index in [9.17, 15) is 10.1 Å². The Bertz CT molecular complexity index is 2100. The van der Waals surface area contributed by atoms with Gasteiger partial charge < -0.3 is 0 Å². The molecule has 46 heavy (non-hydrogen) atoms. The average molecular weight is 692 g/mol. The summed E-state index contributed by atoms with van der Waals surface area (Å²) >= 11 is 8.87. The van der Waals surface area contributed by atoms with Crippen LogP contribution in [0.25, 0.3) is 60.8 Å². The zero-order valence-electron chi connectivity index (χ0n) is 25.1. The van der Waals surface area contributed by atoms with Gasteiger partial charge in [0.15, 0.2) is 0 Å². The lowest BCUT2D eigenvalue weighted by atomic mass is 10.1. The molecule has 8 heteroatoms. The fourth-order valence-corrected chi connectivity index (χ4v) is 8.66. The Morgan fingerprint density at radius 1 is 0.478 bits per heavy atom. The lowest BCUT2D eigenvalue weighted by molar-refractivity contribution is -0.384. The summed E-state index contributed by atoms with van der Waals surface area (Å²) < 4.78 is 0. The molecular weight excluding hydrogens is 663 g/mol. The molecule has 0 unspecified atom stereocenters. The molecule has 0 spiro atoms. The van der Waals surface area contributed by atoms with E-state index in [0.717, 1.165) is 20.9 Å². The van der Waals surface area contributed by atoms with E-state index in [1.54, 1.807) is 68.8 Å². The normalized spacial score (nSPS) is 12.3. The Morgan fingerprint density at radius 2 is 0.913 bits per heavy atom. The fraction of sp³-hybridized carbons (Fsp3) is 0.0526. The molecule has 0 aliphatic heterocycles. The molecule has 0 aliphatic carbocycles. The van der Waals surface area contributed by atoms with E-state index in [1.165, 1.54) is 51.1 Å². The Balaban J connectivity index is 1.21. The van der Waals surface area contributed by atoms with Crippen molar-refractivity contribution in [1.82, 2.24) is 0 Å². The maximum Gasteiger partial charge on any atom is 0.269 e. The summed E-state index contributed by atoms with van der Waals surface area (Å²) in [4.78, 5) is 23.0. The van der Waals surface area contributed by atoms with E-state index in [1.807, 2.05) is 6.08 Å². The van der Waals surface area contributed by atoms with Crippen molar-refractivity contribution in [2.75, 3.05) is 0 Å². The van der Waals surface area contributed by atoms with Crippen LogP contribution in [0.1, 0.15) is 59.9 Å². The second kappa shape index (κ2) is 14.9.